The first-order valence-electron chi connectivity index (χ1n) is 8.80. The van der Waals surface area contributed by atoms with Gasteiger partial charge in [0.05, 0.1) is 20.3 Å². The molecule has 0 bridgehead atoms. The van der Waals surface area contributed by atoms with Crippen LogP contribution in [0.3, 0.4) is 0 Å². The molecule has 1 aromatic carbocycles. The summed E-state index contributed by atoms with van der Waals surface area (Å²) in [4.78, 5) is 24.2. The number of amides is 1. The summed E-state index contributed by atoms with van der Waals surface area (Å²) in [5.41, 5.74) is -0.711. The first kappa shape index (κ1) is 20.0. The molecular formula is C19H27NO6. The van der Waals surface area contributed by atoms with Gasteiger partial charge in [-0.25, -0.2) is 4.79 Å². The maximum atomic E-state index is 12.1. The zero-order chi connectivity index (χ0) is 19.2. The number of hydrogen-bond donors (Lipinski definition) is 2. The molecule has 1 unspecified atom stereocenters. The fourth-order valence-corrected chi connectivity index (χ4v) is 3.14. The summed E-state index contributed by atoms with van der Waals surface area (Å²) >= 11 is 0. The third-order valence-electron chi connectivity index (χ3n) is 4.68. The van der Waals surface area contributed by atoms with E-state index in [1.807, 2.05) is 0 Å². The summed E-state index contributed by atoms with van der Waals surface area (Å²) in [7, 11) is 3.11. The van der Waals surface area contributed by atoms with Gasteiger partial charge >= 0.3 is 5.97 Å². The number of benzene rings is 1. The Bertz CT molecular complexity index is 639. The fraction of sp³-hybridized carbons (Fsp3) is 0.579. The maximum Gasteiger partial charge on any atom is 0.338 e. The van der Waals surface area contributed by atoms with Crippen molar-refractivity contribution in [3.8, 4) is 11.5 Å². The predicted molar refractivity (Wildman–Crippen MR) is 95.1 cm³/mol. The van der Waals surface area contributed by atoms with Gasteiger partial charge in [-0.3, -0.25) is 4.79 Å². The molecule has 0 radical (unpaired) electrons. The van der Waals surface area contributed by atoms with E-state index in [2.05, 4.69) is 5.32 Å². The first-order valence-corrected chi connectivity index (χ1v) is 8.80. The molecule has 0 saturated heterocycles. The van der Waals surface area contributed by atoms with Gasteiger partial charge in [-0.2, -0.15) is 0 Å². The highest BCUT2D eigenvalue weighted by Gasteiger charge is 2.38. The van der Waals surface area contributed by atoms with E-state index in [0.29, 0.717) is 24.3 Å². The van der Waals surface area contributed by atoms with Crippen molar-refractivity contribution >= 4 is 11.9 Å². The van der Waals surface area contributed by atoms with Crippen LogP contribution in [0.2, 0.25) is 0 Å². The standard InChI is InChI=1S/C19H27NO6/c1-13(15-11-14(24-2)7-8-16(15)25-3)20-17(21)12-26-18(22)19(23)9-5-4-6-10-19/h7-8,11,13,23H,4-6,9-10,12H2,1-3H3,(H,20,21). The number of ether oxygens (including phenoxy) is 3. The molecule has 1 saturated carbocycles. The van der Waals surface area contributed by atoms with Gasteiger partial charge in [0.1, 0.15) is 11.5 Å². The highest BCUT2D eigenvalue weighted by molar-refractivity contribution is 5.84. The molecule has 144 valence electrons. The molecule has 1 amide bonds. The number of hydrogen-bond acceptors (Lipinski definition) is 6. The lowest BCUT2D eigenvalue weighted by molar-refractivity contribution is -0.170. The SMILES string of the molecule is COc1ccc(OC)c(C(C)NC(=O)COC(=O)C2(O)CCCCC2)c1. The third-order valence-corrected chi connectivity index (χ3v) is 4.68. The lowest BCUT2D eigenvalue weighted by atomic mass is 9.85. The van der Waals surface area contributed by atoms with E-state index in [-0.39, 0.29) is 6.04 Å². The minimum Gasteiger partial charge on any atom is -0.497 e. The van der Waals surface area contributed by atoms with E-state index >= 15 is 0 Å². The Morgan fingerprint density at radius 2 is 1.88 bits per heavy atom. The Morgan fingerprint density at radius 3 is 2.50 bits per heavy atom. The Kier molecular flexibility index (Phi) is 6.85. The molecule has 7 heteroatoms. The third kappa shape index (κ3) is 4.88. The van der Waals surface area contributed by atoms with Crippen molar-refractivity contribution in [2.75, 3.05) is 20.8 Å². The minimum atomic E-state index is -1.46. The number of carbonyl (C=O) groups is 2. The second-order valence-corrected chi connectivity index (χ2v) is 6.57. The number of methoxy groups -OCH3 is 2. The second kappa shape index (κ2) is 8.89. The highest BCUT2D eigenvalue weighted by Crippen LogP contribution is 2.30. The number of esters is 1. The van der Waals surface area contributed by atoms with Crippen LogP contribution in [0.5, 0.6) is 11.5 Å². The topological polar surface area (TPSA) is 94.1 Å². The van der Waals surface area contributed by atoms with Crippen LogP contribution in [-0.4, -0.2) is 43.4 Å². The maximum absolute atomic E-state index is 12.1. The molecular weight excluding hydrogens is 338 g/mol. The number of aliphatic hydroxyl groups is 1. The summed E-state index contributed by atoms with van der Waals surface area (Å²) in [6, 6.07) is 4.93. The summed E-state index contributed by atoms with van der Waals surface area (Å²) in [5.74, 6) is 0.0917. The van der Waals surface area contributed by atoms with Crippen LogP contribution in [0, 0.1) is 0 Å². The van der Waals surface area contributed by atoms with E-state index < -0.39 is 24.1 Å². The Balaban J connectivity index is 1.92. The summed E-state index contributed by atoms with van der Waals surface area (Å²) in [6.07, 6.45) is 3.32. The van der Waals surface area contributed by atoms with Gasteiger partial charge in [0, 0.05) is 5.56 Å². The molecule has 2 rings (SSSR count). The molecule has 0 aromatic heterocycles. The molecule has 2 N–H and O–H groups in total. The fourth-order valence-electron chi connectivity index (χ4n) is 3.14. The van der Waals surface area contributed by atoms with Crippen LogP contribution in [0.1, 0.15) is 50.6 Å². The Hall–Kier alpha value is -2.28. The van der Waals surface area contributed by atoms with Gasteiger partial charge in [0.2, 0.25) is 0 Å². The molecule has 1 fully saturated rings. The quantitative estimate of drug-likeness (QED) is 0.719. The van der Waals surface area contributed by atoms with Gasteiger partial charge in [0.25, 0.3) is 5.91 Å². The molecule has 1 atom stereocenters. The van der Waals surface area contributed by atoms with Gasteiger partial charge in [0.15, 0.2) is 12.2 Å². The molecule has 1 aromatic rings. The minimum absolute atomic E-state index is 0.371. The average Bonchev–Trinajstić information content (AvgIpc) is 2.65. The van der Waals surface area contributed by atoms with E-state index in [9.17, 15) is 14.7 Å². The van der Waals surface area contributed by atoms with Gasteiger partial charge in [-0.05, 0) is 50.8 Å². The van der Waals surface area contributed by atoms with Gasteiger partial charge < -0.3 is 24.6 Å². The van der Waals surface area contributed by atoms with Crippen molar-refractivity contribution in [3.05, 3.63) is 23.8 Å². The van der Waals surface area contributed by atoms with Crippen molar-refractivity contribution in [1.82, 2.24) is 5.32 Å². The van der Waals surface area contributed by atoms with Crippen molar-refractivity contribution in [2.24, 2.45) is 0 Å². The Morgan fingerprint density at radius 1 is 1.19 bits per heavy atom. The smallest absolute Gasteiger partial charge is 0.338 e. The van der Waals surface area contributed by atoms with Crippen LogP contribution in [-0.2, 0) is 14.3 Å². The van der Waals surface area contributed by atoms with E-state index in [1.165, 1.54) is 0 Å². The highest BCUT2D eigenvalue weighted by atomic mass is 16.6. The van der Waals surface area contributed by atoms with E-state index in [4.69, 9.17) is 14.2 Å². The molecule has 1 aliphatic carbocycles. The van der Waals surface area contributed by atoms with Crippen LogP contribution < -0.4 is 14.8 Å². The molecule has 7 nitrogen and oxygen atoms in total. The molecule has 0 spiro atoms. The number of nitrogens with one attached hydrogen (secondary N) is 1. The molecule has 0 aliphatic heterocycles. The lowest BCUT2D eigenvalue weighted by Gasteiger charge is -2.29. The Labute approximate surface area is 153 Å². The van der Waals surface area contributed by atoms with Gasteiger partial charge in [-0.1, -0.05) is 6.42 Å². The summed E-state index contributed by atoms with van der Waals surface area (Å²) < 4.78 is 15.5. The number of rotatable bonds is 7. The van der Waals surface area contributed by atoms with E-state index in [0.717, 1.165) is 24.8 Å². The van der Waals surface area contributed by atoms with Crippen molar-refractivity contribution in [3.63, 3.8) is 0 Å². The van der Waals surface area contributed by atoms with Gasteiger partial charge in [-0.15, -0.1) is 0 Å². The second-order valence-electron chi connectivity index (χ2n) is 6.57. The normalized spacial score (nSPS) is 17.1. The first-order chi connectivity index (χ1) is 12.4. The van der Waals surface area contributed by atoms with Crippen molar-refractivity contribution in [2.45, 2.75) is 50.7 Å². The zero-order valence-electron chi connectivity index (χ0n) is 15.5. The monoisotopic (exact) mass is 365 g/mol. The molecule has 1 aliphatic rings. The predicted octanol–water partition coefficient (Wildman–Crippen LogP) is 2.12. The summed E-state index contributed by atoms with van der Waals surface area (Å²) in [6.45, 7) is 1.36. The van der Waals surface area contributed by atoms with Crippen LogP contribution >= 0.6 is 0 Å². The molecule has 26 heavy (non-hydrogen) atoms. The largest absolute Gasteiger partial charge is 0.497 e. The summed E-state index contributed by atoms with van der Waals surface area (Å²) in [5, 5.41) is 13.1. The zero-order valence-corrected chi connectivity index (χ0v) is 15.5. The lowest BCUT2D eigenvalue weighted by Crippen LogP contribution is -2.43. The van der Waals surface area contributed by atoms with Crippen LogP contribution in [0.4, 0.5) is 0 Å². The average molecular weight is 365 g/mol. The van der Waals surface area contributed by atoms with Crippen molar-refractivity contribution in [1.29, 1.82) is 0 Å². The number of carbonyl (C=O) groups excluding carboxylic acids is 2. The van der Waals surface area contributed by atoms with Crippen LogP contribution in [0.15, 0.2) is 18.2 Å². The van der Waals surface area contributed by atoms with Crippen LogP contribution in [0.25, 0.3) is 0 Å². The van der Waals surface area contributed by atoms with E-state index in [1.54, 1.807) is 39.3 Å². The molecule has 0 heterocycles. The van der Waals surface area contributed by atoms with Crippen molar-refractivity contribution < 1.29 is 28.9 Å².